The molecule has 0 amide bonds. The Morgan fingerprint density at radius 3 is 2.50 bits per heavy atom. The molecule has 0 fully saturated rings. The molecule has 0 heterocycles. The maximum absolute atomic E-state index is 10.8. The number of hydrogen-bond donors (Lipinski definition) is 2. The summed E-state index contributed by atoms with van der Waals surface area (Å²) >= 11 is 1.56. The van der Waals surface area contributed by atoms with Crippen molar-refractivity contribution in [1.82, 2.24) is 5.32 Å². The van der Waals surface area contributed by atoms with Crippen LogP contribution in [0.1, 0.15) is 6.92 Å². The van der Waals surface area contributed by atoms with Gasteiger partial charge in [0, 0.05) is 25.1 Å². The zero-order chi connectivity index (χ0) is 11.2. The molecule has 0 aromatic rings. The molecular formula is C8H19NO3S2. The fourth-order valence-corrected chi connectivity index (χ4v) is 2.22. The molecule has 2 N–H and O–H groups in total. The molecule has 0 aromatic carbocycles. The Bertz CT molecular complexity index is 249. The maximum Gasteiger partial charge on any atom is 0.148 e. The molecule has 1 unspecified atom stereocenters. The van der Waals surface area contributed by atoms with E-state index in [1.54, 1.807) is 18.7 Å². The first-order valence-corrected chi connectivity index (χ1v) is 7.82. The molecule has 86 valence electrons. The van der Waals surface area contributed by atoms with E-state index in [2.05, 4.69) is 5.32 Å². The average molecular weight is 241 g/mol. The van der Waals surface area contributed by atoms with Crippen LogP contribution in [0, 0.1) is 0 Å². The van der Waals surface area contributed by atoms with E-state index < -0.39 is 15.4 Å². The summed E-state index contributed by atoms with van der Waals surface area (Å²) in [6, 6.07) is 0. The van der Waals surface area contributed by atoms with Crippen molar-refractivity contribution in [2.75, 3.05) is 37.1 Å². The zero-order valence-electron chi connectivity index (χ0n) is 8.91. The van der Waals surface area contributed by atoms with Crippen LogP contribution in [0.5, 0.6) is 0 Å². The second kappa shape index (κ2) is 5.95. The minimum atomic E-state index is -2.90. The molecule has 0 spiro atoms. The molecule has 1 atom stereocenters. The molecule has 0 aromatic heterocycles. The number of sulfone groups is 1. The summed E-state index contributed by atoms with van der Waals surface area (Å²) in [6.07, 6.45) is 3.12. The Morgan fingerprint density at radius 1 is 1.50 bits per heavy atom. The van der Waals surface area contributed by atoms with Crippen molar-refractivity contribution in [2.45, 2.75) is 12.5 Å². The molecular weight excluding hydrogens is 222 g/mol. The summed E-state index contributed by atoms with van der Waals surface area (Å²) in [5.74, 6) is 0.751. The molecule has 0 saturated heterocycles. The predicted octanol–water partition coefficient (Wildman–Crippen LogP) is -0.265. The van der Waals surface area contributed by atoms with Crippen LogP contribution < -0.4 is 5.32 Å². The van der Waals surface area contributed by atoms with Gasteiger partial charge in [-0.15, -0.1) is 0 Å². The number of hydrogen-bond acceptors (Lipinski definition) is 5. The quantitative estimate of drug-likeness (QED) is 0.601. The van der Waals surface area contributed by atoms with Crippen LogP contribution >= 0.6 is 11.8 Å². The van der Waals surface area contributed by atoms with E-state index in [1.165, 1.54) is 6.26 Å². The first-order chi connectivity index (χ1) is 6.27. The van der Waals surface area contributed by atoms with Gasteiger partial charge in [0.1, 0.15) is 9.84 Å². The first kappa shape index (κ1) is 14.2. The van der Waals surface area contributed by atoms with E-state index in [4.69, 9.17) is 0 Å². The smallest absolute Gasteiger partial charge is 0.148 e. The summed E-state index contributed by atoms with van der Waals surface area (Å²) in [4.78, 5) is 0. The lowest BCUT2D eigenvalue weighted by Crippen LogP contribution is -2.41. The Morgan fingerprint density at radius 2 is 2.07 bits per heavy atom. The van der Waals surface area contributed by atoms with Gasteiger partial charge in [-0.25, -0.2) is 8.42 Å². The van der Waals surface area contributed by atoms with Crippen LogP contribution in [-0.4, -0.2) is 56.2 Å². The maximum atomic E-state index is 10.8. The van der Waals surface area contributed by atoms with Crippen molar-refractivity contribution in [3.8, 4) is 0 Å². The van der Waals surface area contributed by atoms with Gasteiger partial charge in [-0.1, -0.05) is 0 Å². The van der Waals surface area contributed by atoms with E-state index >= 15 is 0 Å². The lowest BCUT2D eigenvalue weighted by atomic mass is 10.1. The van der Waals surface area contributed by atoms with Crippen LogP contribution in [0.25, 0.3) is 0 Å². The second-order valence-corrected chi connectivity index (χ2v) is 6.86. The van der Waals surface area contributed by atoms with Crippen LogP contribution in [0.2, 0.25) is 0 Å². The van der Waals surface area contributed by atoms with Gasteiger partial charge in [-0.05, 0) is 13.2 Å². The number of thioether (sulfide) groups is 1. The van der Waals surface area contributed by atoms with Crippen molar-refractivity contribution in [1.29, 1.82) is 0 Å². The lowest BCUT2D eigenvalue weighted by Gasteiger charge is -2.22. The highest BCUT2D eigenvalue weighted by Crippen LogP contribution is 2.08. The van der Waals surface area contributed by atoms with Crippen molar-refractivity contribution < 1.29 is 13.5 Å². The van der Waals surface area contributed by atoms with Crippen molar-refractivity contribution >= 4 is 21.6 Å². The summed E-state index contributed by atoms with van der Waals surface area (Å²) in [5.41, 5.74) is -0.767. The third-order valence-electron chi connectivity index (χ3n) is 1.61. The fourth-order valence-electron chi connectivity index (χ4n) is 0.977. The summed E-state index contributed by atoms with van der Waals surface area (Å²) in [5, 5.41) is 12.6. The molecule has 0 radical (unpaired) electrons. The highest BCUT2D eigenvalue weighted by Gasteiger charge is 2.18. The standard InChI is InChI=1S/C8H19NO3S2/c1-8(10,7-13-2)6-9-4-5-14(3,11)12/h9-10H,4-7H2,1-3H3. The molecule has 4 nitrogen and oxygen atoms in total. The molecule has 0 bridgehead atoms. The summed E-state index contributed by atoms with van der Waals surface area (Å²) < 4.78 is 21.5. The van der Waals surface area contributed by atoms with Crippen LogP contribution in [0.4, 0.5) is 0 Å². The lowest BCUT2D eigenvalue weighted by molar-refractivity contribution is 0.0856. The van der Waals surface area contributed by atoms with Gasteiger partial charge in [-0.2, -0.15) is 11.8 Å². The van der Waals surface area contributed by atoms with Gasteiger partial charge in [0.15, 0.2) is 0 Å². The van der Waals surface area contributed by atoms with Gasteiger partial charge in [0.2, 0.25) is 0 Å². The van der Waals surface area contributed by atoms with Crippen molar-refractivity contribution in [2.24, 2.45) is 0 Å². The van der Waals surface area contributed by atoms with E-state index in [-0.39, 0.29) is 5.75 Å². The minimum Gasteiger partial charge on any atom is -0.388 e. The third kappa shape index (κ3) is 8.80. The predicted molar refractivity (Wildman–Crippen MR) is 61.6 cm³/mol. The fraction of sp³-hybridized carbons (Fsp3) is 1.00. The number of aliphatic hydroxyl groups is 1. The van der Waals surface area contributed by atoms with E-state index in [9.17, 15) is 13.5 Å². The van der Waals surface area contributed by atoms with Gasteiger partial charge in [-0.3, -0.25) is 0 Å². The molecule has 14 heavy (non-hydrogen) atoms. The van der Waals surface area contributed by atoms with E-state index in [0.29, 0.717) is 18.8 Å². The van der Waals surface area contributed by atoms with Crippen molar-refractivity contribution in [3.63, 3.8) is 0 Å². The molecule has 0 rings (SSSR count). The third-order valence-corrected chi connectivity index (χ3v) is 3.47. The van der Waals surface area contributed by atoms with E-state index in [0.717, 1.165) is 0 Å². The van der Waals surface area contributed by atoms with E-state index in [1.807, 2.05) is 6.26 Å². The monoisotopic (exact) mass is 241 g/mol. The molecule has 0 saturated carbocycles. The molecule has 6 heteroatoms. The molecule has 0 aliphatic carbocycles. The van der Waals surface area contributed by atoms with Crippen molar-refractivity contribution in [3.05, 3.63) is 0 Å². The molecule has 0 aliphatic rings. The van der Waals surface area contributed by atoms with Gasteiger partial charge in [0.05, 0.1) is 11.4 Å². The van der Waals surface area contributed by atoms with Gasteiger partial charge >= 0.3 is 0 Å². The van der Waals surface area contributed by atoms with Gasteiger partial charge in [0.25, 0.3) is 0 Å². The zero-order valence-corrected chi connectivity index (χ0v) is 10.5. The normalized spacial score (nSPS) is 16.6. The first-order valence-electron chi connectivity index (χ1n) is 4.37. The van der Waals surface area contributed by atoms with Crippen LogP contribution in [0.3, 0.4) is 0 Å². The minimum absolute atomic E-state index is 0.113. The Balaban J connectivity index is 3.64. The average Bonchev–Trinajstić information content (AvgIpc) is 1.96. The Labute approximate surface area is 90.4 Å². The Hall–Kier alpha value is 0.220. The number of rotatable bonds is 7. The molecule has 0 aliphatic heterocycles. The van der Waals surface area contributed by atoms with Crippen LogP contribution in [0.15, 0.2) is 0 Å². The largest absolute Gasteiger partial charge is 0.388 e. The highest BCUT2D eigenvalue weighted by molar-refractivity contribution is 7.98. The van der Waals surface area contributed by atoms with Gasteiger partial charge < -0.3 is 10.4 Å². The SMILES string of the molecule is CSCC(C)(O)CNCCS(C)(=O)=O. The second-order valence-electron chi connectivity index (χ2n) is 3.74. The number of nitrogens with one attached hydrogen (secondary N) is 1. The highest BCUT2D eigenvalue weighted by atomic mass is 32.2. The summed E-state index contributed by atoms with van der Waals surface area (Å²) in [7, 11) is -2.90. The topological polar surface area (TPSA) is 66.4 Å². The van der Waals surface area contributed by atoms with Crippen LogP contribution in [-0.2, 0) is 9.84 Å². The summed E-state index contributed by atoms with van der Waals surface area (Å²) in [6.45, 7) is 2.55. The Kier molecular flexibility index (Phi) is 6.04.